The number of likely N-dealkylation sites (N-methyl/N-ethyl adjacent to an activating group) is 1. The molecule has 0 unspecified atom stereocenters. The molecule has 25 heavy (non-hydrogen) atoms. The molecule has 2 fully saturated rings. The molecular weight excluding hydrogens is 314 g/mol. The Morgan fingerprint density at radius 3 is 2.64 bits per heavy atom. The second-order valence-corrected chi connectivity index (χ2v) is 7.72. The van der Waals surface area contributed by atoms with Gasteiger partial charge < -0.3 is 9.80 Å². The first-order valence-corrected chi connectivity index (χ1v) is 9.40. The smallest absolute Gasteiger partial charge is 0.255 e. The van der Waals surface area contributed by atoms with Crippen molar-refractivity contribution in [3.63, 3.8) is 0 Å². The molecule has 0 aliphatic carbocycles. The summed E-state index contributed by atoms with van der Waals surface area (Å²) >= 11 is 0. The lowest BCUT2D eigenvalue weighted by Gasteiger charge is -2.33. The number of pyridine rings is 1. The van der Waals surface area contributed by atoms with Crippen LogP contribution in [-0.2, 0) is 0 Å². The van der Waals surface area contributed by atoms with Crippen LogP contribution < -0.4 is 0 Å². The first-order chi connectivity index (χ1) is 12.1. The lowest BCUT2D eigenvalue weighted by Crippen LogP contribution is -2.47. The van der Waals surface area contributed by atoms with Gasteiger partial charge in [0.1, 0.15) is 0 Å². The topological polar surface area (TPSA) is 54.3 Å². The molecule has 2 aromatic rings. The zero-order chi connectivity index (χ0) is 17.6. The van der Waals surface area contributed by atoms with Gasteiger partial charge in [-0.2, -0.15) is 5.10 Å². The molecule has 1 amide bonds. The number of carbonyl (C=O) groups excluding carboxylic acids is 1. The average Bonchev–Trinajstić information content (AvgIpc) is 3.31. The maximum absolute atomic E-state index is 13.1. The van der Waals surface area contributed by atoms with E-state index in [9.17, 15) is 4.79 Å². The Labute approximate surface area is 148 Å². The van der Waals surface area contributed by atoms with Crippen LogP contribution in [0.25, 0.3) is 11.0 Å². The number of fused-ring (bicyclic) bond motifs is 1. The molecule has 4 rings (SSSR count). The van der Waals surface area contributed by atoms with Gasteiger partial charge in [-0.1, -0.05) is 0 Å². The Bertz CT molecular complexity index is 783. The number of amides is 1. The van der Waals surface area contributed by atoms with Crippen molar-refractivity contribution in [3.05, 3.63) is 24.0 Å². The first-order valence-electron chi connectivity index (χ1n) is 9.40. The Morgan fingerprint density at radius 2 is 1.92 bits per heavy atom. The van der Waals surface area contributed by atoms with Crippen molar-refractivity contribution in [1.29, 1.82) is 0 Å². The summed E-state index contributed by atoms with van der Waals surface area (Å²) in [6.45, 7) is 6.17. The highest BCUT2D eigenvalue weighted by Crippen LogP contribution is 2.30. The molecule has 0 radical (unpaired) electrons. The van der Waals surface area contributed by atoms with Crippen LogP contribution in [0.4, 0.5) is 0 Å². The molecule has 0 saturated carbocycles. The molecule has 2 aromatic heterocycles. The fraction of sp³-hybridized carbons (Fsp3) is 0.632. The molecule has 4 heterocycles. The number of nitrogens with zero attached hydrogens (tertiary/aromatic N) is 5. The third-order valence-electron chi connectivity index (χ3n) is 5.75. The predicted octanol–water partition coefficient (Wildman–Crippen LogP) is 2.71. The van der Waals surface area contributed by atoms with Crippen molar-refractivity contribution in [1.82, 2.24) is 24.6 Å². The first kappa shape index (κ1) is 16.5. The fourth-order valence-electron chi connectivity index (χ4n) is 4.47. The number of rotatable bonds is 3. The van der Waals surface area contributed by atoms with Crippen molar-refractivity contribution in [2.45, 2.75) is 57.7 Å². The standard InChI is InChI=1S/C19H27N5O/c1-13(2)24-18-14(12-21-24)10-15(11-20-18)19(25)23-9-5-7-17(23)16-6-4-8-22(16)3/h10-13,16-17H,4-9H2,1-3H3/t16-,17+/m1/s1. The molecule has 6 heteroatoms. The molecule has 0 spiro atoms. The zero-order valence-electron chi connectivity index (χ0n) is 15.4. The molecule has 0 bridgehead atoms. The number of carbonyl (C=O) groups is 1. The van der Waals surface area contributed by atoms with E-state index < -0.39 is 0 Å². The van der Waals surface area contributed by atoms with E-state index in [1.807, 2.05) is 16.9 Å². The van der Waals surface area contributed by atoms with Gasteiger partial charge in [-0.25, -0.2) is 9.67 Å². The van der Waals surface area contributed by atoms with Crippen molar-refractivity contribution in [3.8, 4) is 0 Å². The molecule has 2 saturated heterocycles. The molecule has 6 nitrogen and oxygen atoms in total. The van der Waals surface area contributed by atoms with Gasteiger partial charge in [0.05, 0.1) is 11.8 Å². The number of likely N-dealkylation sites (tertiary alicyclic amines) is 2. The summed E-state index contributed by atoms with van der Waals surface area (Å²) in [5.74, 6) is 0.120. The monoisotopic (exact) mass is 341 g/mol. The van der Waals surface area contributed by atoms with Crippen molar-refractivity contribution < 1.29 is 4.79 Å². The van der Waals surface area contributed by atoms with Gasteiger partial charge in [-0.3, -0.25) is 4.79 Å². The van der Waals surface area contributed by atoms with Gasteiger partial charge in [0.15, 0.2) is 5.65 Å². The second-order valence-electron chi connectivity index (χ2n) is 7.72. The average molecular weight is 341 g/mol. The quantitative estimate of drug-likeness (QED) is 0.861. The fourth-order valence-corrected chi connectivity index (χ4v) is 4.47. The summed E-state index contributed by atoms with van der Waals surface area (Å²) in [5.41, 5.74) is 1.53. The SMILES string of the molecule is CC(C)n1ncc2cc(C(=O)N3CCC[C@H]3[C@H]3CCCN3C)cnc21. The summed E-state index contributed by atoms with van der Waals surface area (Å²) in [6.07, 6.45) is 8.18. The number of hydrogen-bond acceptors (Lipinski definition) is 4. The zero-order valence-corrected chi connectivity index (χ0v) is 15.4. The Hall–Kier alpha value is -1.95. The lowest BCUT2D eigenvalue weighted by molar-refractivity contribution is 0.0664. The summed E-state index contributed by atoms with van der Waals surface area (Å²) in [4.78, 5) is 22.2. The molecule has 0 N–H and O–H groups in total. The molecule has 0 aromatic carbocycles. The summed E-state index contributed by atoms with van der Waals surface area (Å²) in [5, 5.41) is 5.34. The second kappa shape index (κ2) is 6.41. The van der Waals surface area contributed by atoms with Gasteiger partial charge in [0, 0.05) is 36.3 Å². The maximum Gasteiger partial charge on any atom is 0.255 e. The van der Waals surface area contributed by atoms with Gasteiger partial charge in [-0.15, -0.1) is 0 Å². The van der Waals surface area contributed by atoms with Crippen LogP contribution in [0.1, 0.15) is 55.9 Å². The normalized spacial score (nSPS) is 24.7. The van der Waals surface area contributed by atoms with Crippen LogP contribution in [-0.4, -0.2) is 62.7 Å². The predicted molar refractivity (Wildman–Crippen MR) is 97.6 cm³/mol. The minimum Gasteiger partial charge on any atom is -0.334 e. The highest BCUT2D eigenvalue weighted by molar-refractivity contribution is 5.97. The molecular formula is C19H27N5O. The van der Waals surface area contributed by atoms with Gasteiger partial charge in [-0.05, 0) is 59.2 Å². The van der Waals surface area contributed by atoms with E-state index in [1.54, 1.807) is 6.20 Å². The van der Waals surface area contributed by atoms with E-state index in [4.69, 9.17) is 0 Å². The van der Waals surface area contributed by atoms with Crippen LogP contribution >= 0.6 is 0 Å². The molecule has 2 aliphatic heterocycles. The van der Waals surface area contributed by atoms with Crippen LogP contribution in [0, 0.1) is 0 Å². The Morgan fingerprint density at radius 1 is 1.16 bits per heavy atom. The van der Waals surface area contributed by atoms with E-state index in [-0.39, 0.29) is 11.9 Å². The lowest BCUT2D eigenvalue weighted by atomic mass is 10.0. The van der Waals surface area contributed by atoms with Crippen molar-refractivity contribution >= 4 is 16.9 Å². The molecule has 134 valence electrons. The Balaban J connectivity index is 1.60. The minimum absolute atomic E-state index is 0.120. The molecule has 2 aliphatic rings. The maximum atomic E-state index is 13.1. The van der Waals surface area contributed by atoms with E-state index in [0.29, 0.717) is 17.6 Å². The largest absolute Gasteiger partial charge is 0.334 e. The van der Waals surface area contributed by atoms with Crippen LogP contribution in [0.3, 0.4) is 0 Å². The highest BCUT2D eigenvalue weighted by atomic mass is 16.2. The van der Waals surface area contributed by atoms with E-state index in [0.717, 1.165) is 37.0 Å². The number of aromatic nitrogens is 3. The summed E-state index contributed by atoms with van der Waals surface area (Å²) in [6, 6.07) is 3.05. The van der Waals surface area contributed by atoms with Crippen molar-refractivity contribution in [2.75, 3.05) is 20.1 Å². The van der Waals surface area contributed by atoms with E-state index >= 15 is 0 Å². The van der Waals surface area contributed by atoms with Gasteiger partial charge in [0.25, 0.3) is 5.91 Å². The van der Waals surface area contributed by atoms with Crippen molar-refractivity contribution in [2.24, 2.45) is 0 Å². The van der Waals surface area contributed by atoms with Crippen LogP contribution in [0.5, 0.6) is 0 Å². The van der Waals surface area contributed by atoms with E-state index in [1.165, 1.54) is 12.8 Å². The third-order valence-corrected chi connectivity index (χ3v) is 5.75. The minimum atomic E-state index is 0.120. The van der Waals surface area contributed by atoms with Crippen LogP contribution in [0.2, 0.25) is 0 Å². The molecule has 2 atom stereocenters. The van der Waals surface area contributed by atoms with Gasteiger partial charge in [0.2, 0.25) is 0 Å². The number of hydrogen-bond donors (Lipinski definition) is 0. The van der Waals surface area contributed by atoms with Crippen LogP contribution in [0.15, 0.2) is 18.5 Å². The third kappa shape index (κ3) is 2.82. The Kier molecular flexibility index (Phi) is 4.23. The highest BCUT2D eigenvalue weighted by Gasteiger charge is 2.38. The summed E-state index contributed by atoms with van der Waals surface area (Å²) < 4.78 is 1.90. The summed E-state index contributed by atoms with van der Waals surface area (Å²) in [7, 11) is 2.19. The van der Waals surface area contributed by atoms with Gasteiger partial charge >= 0.3 is 0 Å². The van der Waals surface area contributed by atoms with E-state index in [2.05, 4.69) is 40.8 Å².